The van der Waals surface area contributed by atoms with Crippen LogP contribution in [-0.2, 0) is 0 Å². The molecule has 6 aromatic rings. The highest BCUT2D eigenvalue weighted by molar-refractivity contribution is 5.94. The molecule has 3 aromatic heterocycles. The molecule has 0 fully saturated rings. The van der Waals surface area contributed by atoms with Crippen molar-refractivity contribution in [1.82, 2.24) is 19.6 Å². The maximum Gasteiger partial charge on any atom is 0.275 e. The van der Waals surface area contributed by atoms with Gasteiger partial charge in [0.05, 0.1) is 28.4 Å². The first kappa shape index (κ1) is 25.9. The quantitative estimate of drug-likeness (QED) is 0.244. The molecule has 0 unspecified atom stereocenters. The Morgan fingerprint density at radius 3 is 1.63 bits per heavy atom. The summed E-state index contributed by atoms with van der Waals surface area (Å²) in [5.41, 5.74) is 4.29. The van der Waals surface area contributed by atoms with Crippen molar-refractivity contribution in [2.45, 2.75) is 26.7 Å². The largest absolute Gasteiger partial charge is 0.460 e. The summed E-state index contributed by atoms with van der Waals surface area (Å²) in [6, 6.07) is 29.4. The normalized spacial score (nSPS) is 11.3. The average molecular weight is 545 g/mol. The predicted molar refractivity (Wildman–Crippen MR) is 157 cm³/mol. The number of carbonyl (C=O) groups is 1. The van der Waals surface area contributed by atoms with E-state index in [1.807, 2.05) is 92.7 Å². The van der Waals surface area contributed by atoms with Gasteiger partial charge in [-0.25, -0.2) is 9.36 Å². The molecule has 0 amide bonds. The van der Waals surface area contributed by atoms with Crippen molar-refractivity contribution >= 4 is 5.78 Å². The number of H-pyrrole nitrogens is 2. The number of aromatic nitrogens is 4. The van der Waals surface area contributed by atoms with Gasteiger partial charge in [-0.1, -0.05) is 60.7 Å². The lowest BCUT2D eigenvalue weighted by Gasteiger charge is -2.13. The van der Waals surface area contributed by atoms with E-state index in [0.29, 0.717) is 51.0 Å². The van der Waals surface area contributed by atoms with Crippen LogP contribution in [0.25, 0.3) is 22.7 Å². The Balaban J connectivity index is 1.55. The molecule has 0 saturated carbocycles. The number of benzene rings is 3. The van der Waals surface area contributed by atoms with Crippen LogP contribution in [-0.4, -0.2) is 25.3 Å². The molecule has 0 atom stereocenters. The summed E-state index contributed by atoms with van der Waals surface area (Å²) in [7, 11) is 0. The molecule has 8 heteroatoms. The zero-order chi connectivity index (χ0) is 28.7. The summed E-state index contributed by atoms with van der Waals surface area (Å²) in [5, 5.41) is 6.39. The fourth-order valence-corrected chi connectivity index (χ4v) is 5.28. The van der Waals surface area contributed by atoms with E-state index in [9.17, 15) is 14.4 Å². The SMILES string of the molecule is CC(=O)c1ccc(-c2ccc(C(c3c(C)[nH]n(-c4ccccc4)c3=O)c3c(C)[nH]n(-c4ccccc4)c3=O)o2)cc1. The van der Waals surface area contributed by atoms with Gasteiger partial charge in [0.15, 0.2) is 5.78 Å². The average Bonchev–Trinajstić information content (AvgIpc) is 3.67. The highest BCUT2D eigenvalue weighted by atomic mass is 16.3. The minimum atomic E-state index is -0.789. The molecule has 0 bridgehead atoms. The third-order valence-corrected chi connectivity index (χ3v) is 7.33. The third kappa shape index (κ3) is 4.59. The topological polar surface area (TPSA) is 106 Å². The highest BCUT2D eigenvalue weighted by Crippen LogP contribution is 2.35. The Morgan fingerprint density at radius 1 is 0.683 bits per heavy atom. The Bertz CT molecular complexity index is 1870. The number of ketones is 1. The molecule has 0 saturated heterocycles. The number of Topliss-reactive ketones (excluding diaryl/α,β-unsaturated/α-hetero) is 1. The fourth-order valence-electron chi connectivity index (χ4n) is 5.28. The van der Waals surface area contributed by atoms with Gasteiger partial charge < -0.3 is 4.42 Å². The Kier molecular flexibility index (Phi) is 6.51. The first-order valence-corrected chi connectivity index (χ1v) is 13.3. The summed E-state index contributed by atoms with van der Waals surface area (Å²) < 4.78 is 9.35. The molecule has 3 aromatic carbocycles. The van der Waals surface area contributed by atoms with Crippen molar-refractivity contribution in [3.05, 3.63) is 152 Å². The van der Waals surface area contributed by atoms with Gasteiger partial charge in [0.25, 0.3) is 11.1 Å². The summed E-state index contributed by atoms with van der Waals surface area (Å²) in [4.78, 5) is 39.7. The molecule has 6 rings (SSSR count). The van der Waals surface area contributed by atoms with Crippen LogP contribution in [0.15, 0.2) is 111 Å². The van der Waals surface area contributed by atoms with Crippen molar-refractivity contribution in [2.24, 2.45) is 0 Å². The van der Waals surface area contributed by atoms with Crippen molar-refractivity contribution in [3.8, 4) is 22.7 Å². The smallest absolute Gasteiger partial charge is 0.275 e. The Hall–Kier alpha value is -5.37. The van der Waals surface area contributed by atoms with Crippen molar-refractivity contribution in [1.29, 1.82) is 0 Å². The van der Waals surface area contributed by atoms with Gasteiger partial charge in [-0.15, -0.1) is 0 Å². The van der Waals surface area contributed by atoms with E-state index in [0.717, 1.165) is 5.56 Å². The van der Waals surface area contributed by atoms with Crippen LogP contribution >= 0.6 is 0 Å². The number of hydrogen-bond donors (Lipinski definition) is 2. The molecule has 8 nitrogen and oxygen atoms in total. The maximum atomic E-state index is 14.0. The molecule has 0 aliphatic rings. The maximum absolute atomic E-state index is 14.0. The monoisotopic (exact) mass is 544 g/mol. The fraction of sp³-hybridized carbons (Fsp3) is 0.121. The van der Waals surface area contributed by atoms with Gasteiger partial charge in [-0.3, -0.25) is 24.6 Å². The molecule has 0 spiro atoms. The first-order chi connectivity index (χ1) is 19.8. The number of rotatable bonds is 7. The number of aryl methyl sites for hydroxylation is 2. The van der Waals surface area contributed by atoms with Gasteiger partial charge in [0.1, 0.15) is 11.5 Å². The lowest BCUT2D eigenvalue weighted by molar-refractivity contribution is 0.101. The molecule has 3 heterocycles. The van der Waals surface area contributed by atoms with E-state index in [1.54, 1.807) is 18.2 Å². The second-order valence-corrected chi connectivity index (χ2v) is 10.0. The number of furan rings is 1. The van der Waals surface area contributed by atoms with Gasteiger partial charge in [0, 0.05) is 22.5 Å². The van der Waals surface area contributed by atoms with Gasteiger partial charge in [-0.05, 0) is 57.2 Å². The van der Waals surface area contributed by atoms with Gasteiger partial charge in [-0.2, -0.15) is 0 Å². The molecular weight excluding hydrogens is 516 g/mol. The van der Waals surface area contributed by atoms with E-state index in [4.69, 9.17) is 4.42 Å². The lowest BCUT2D eigenvalue weighted by atomic mass is 9.89. The Labute approximate surface area is 235 Å². The minimum Gasteiger partial charge on any atom is -0.460 e. The molecule has 0 radical (unpaired) electrons. The van der Waals surface area contributed by atoms with Crippen LogP contribution in [0, 0.1) is 13.8 Å². The first-order valence-electron chi connectivity index (χ1n) is 13.3. The summed E-state index contributed by atoms with van der Waals surface area (Å²) in [6.07, 6.45) is 0. The third-order valence-electron chi connectivity index (χ3n) is 7.33. The van der Waals surface area contributed by atoms with E-state index in [2.05, 4.69) is 10.2 Å². The second kappa shape index (κ2) is 10.3. The number of nitrogens with zero attached hydrogens (tertiary/aromatic N) is 2. The van der Waals surface area contributed by atoms with E-state index < -0.39 is 5.92 Å². The lowest BCUT2D eigenvalue weighted by Crippen LogP contribution is -2.25. The molecule has 0 aliphatic heterocycles. The van der Waals surface area contributed by atoms with Gasteiger partial charge >= 0.3 is 0 Å². The number of hydrogen-bond acceptors (Lipinski definition) is 4. The van der Waals surface area contributed by atoms with Crippen LogP contribution in [0.3, 0.4) is 0 Å². The van der Waals surface area contributed by atoms with E-state index in [1.165, 1.54) is 16.3 Å². The predicted octanol–water partition coefficient (Wildman–Crippen LogP) is 5.90. The molecule has 41 heavy (non-hydrogen) atoms. The molecule has 204 valence electrons. The number of nitrogens with one attached hydrogen (secondary N) is 2. The van der Waals surface area contributed by atoms with Crippen LogP contribution in [0.4, 0.5) is 0 Å². The zero-order valence-electron chi connectivity index (χ0n) is 22.8. The van der Waals surface area contributed by atoms with Crippen LogP contribution in [0.5, 0.6) is 0 Å². The summed E-state index contributed by atoms with van der Waals surface area (Å²) >= 11 is 0. The minimum absolute atomic E-state index is 0.0213. The van der Waals surface area contributed by atoms with Crippen molar-refractivity contribution in [2.75, 3.05) is 0 Å². The molecule has 0 aliphatic carbocycles. The van der Waals surface area contributed by atoms with Crippen molar-refractivity contribution < 1.29 is 9.21 Å². The summed E-state index contributed by atoms with van der Waals surface area (Å²) in [5.74, 6) is 0.206. The number of aromatic amines is 2. The standard InChI is InChI=1S/C33H28N4O4/c1-20-29(32(39)36(34-20)25-10-6-4-7-11-25)31(30-21(2)35-37(33(30)40)26-12-8-5-9-13-26)28-19-18-27(41-28)24-16-14-23(15-17-24)22(3)38/h4-19,31,34-35H,1-3H3. The number of para-hydroxylation sites is 2. The van der Waals surface area contributed by atoms with Crippen LogP contribution in [0.2, 0.25) is 0 Å². The number of carbonyl (C=O) groups excluding carboxylic acids is 1. The van der Waals surface area contributed by atoms with Crippen molar-refractivity contribution in [3.63, 3.8) is 0 Å². The van der Waals surface area contributed by atoms with Crippen LogP contribution < -0.4 is 11.1 Å². The van der Waals surface area contributed by atoms with Crippen LogP contribution in [0.1, 0.15) is 51.5 Å². The highest BCUT2D eigenvalue weighted by Gasteiger charge is 2.33. The summed E-state index contributed by atoms with van der Waals surface area (Å²) in [6.45, 7) is 5.17. The van der Waals surface area contributed by atoms with E-state index >= 15 is 0 Å². The van der Waals surface area contributed by atoms with Gasteiger partial charge in [0.2, 0.25) is 0 Å². The molecule has 2 N–H and O–H groups in total. The Morgan fingerprint density at radius 2 is 1.17 bits per heavy atom. The second-order valence-electron chi connectivity index (χ2n) is 10.0. The zero-order valence-corrected chi connectivity index (χ0v) is 22.8. The van der Waals surface area contributed by atoms with E-state index in [-0.39, 0.29) is 16.9 Å². The molecular formula is C33H28N4O4.